The van der Waals surface area contributed by atoms with Gasteiger partial charge in [0.05, 0.1) is 0 Å². The van der Waals surface area contributed by atoms with Gasteiger partial charge in [-0.2, -0.15) is 4.57 Å². The molecule has 0 radical (unpaired) electrons. The van der Waals surface area contributed by atoms with Gasteiger partial charge >= 0.3 is 0 Å². The van der Waals surface area contributed by atoms with Crippen LogP contribution in [0.15, 0.2) is 188 Å². The smallest absolute Gasteiger partial charge is 0.221 e. The molecule has 0 spiro atoms. The Bertz CT molecular complexity index is 2340. The number of amides is 1. The number of rotatable bonds is 11. The minimum atomic E-state index is -0.150. The van der Waals surface area contributed by atoms with Crippen LogP contribution in [-0.2, 0) is 4.79 Å². The maximum absolute atomic E-state index is 13.4. The second-order valence-corrected chi connectivity index (χ2v) is 12.8. The Morgan fingerprint density at radius 2 is 1.00 bits per heavy atom. The molecule has 0 atom stereocenters. The van der Waals surface area contributed by atoms with Gasteiger partial charge in [-0.3, -0.25) is 14.4 Å². The van der Waals surface area contributed by atoms with Crippen molar-refractivity contribution in [2.45, 2.75) is 13.3 Å². The van der Waals surface area contributed by atoms with Gasteiger partial charge in [-0.05, 0) is 64.7 Å². The van der Waals surface area contributed by atoms with Crippen molar-refractivity contribution in [2.24, 2.45) is 0 Å². The van der Waals surface area contributed by atoms with Crippen LogP contribution in [0.2, 0.25) is 0 Å². The van der Waals surface area contributed by atoms with E-state index in [-0.39, 0.29) is 23.9 Å². The summed E-state index contributed by atoms with van der Waals surface area (Å²) in [6.07, 6.45) is 1.68. The number of ketones is 2. The molecule has 53 heavy (non-hydrogen) atoms. The Morgan fingerprint density at radius 1 is 0.509 bits per heavy atom. The molecule has 5 nitrogen and oxygen atoms in total. The van der Waals surface area contributed by atoms with Gasteiger partial charge in [0.15, 0.2) is 11.6 Å². The molecule has 1 heterocycles. The van der Waals surface area contributed by atoms with Gasteiger partial charge in [0.2, 0.25) is 23.0 Å². The van der Waals surface area contributed by atoms with Crippen LogP contribution in [0.3, 0.4) is 0 Å². The summed E-state index contributed by atoms with van der Waals surface area (Å²) in [6, 6.07) is 59.1. The number of carbonyl (C=O) groups excluding carboxylic acids is 3. The lowest BCUT2D eigenvalue weighted by molar-refractivity contribution is -0.572. The summed E-state index contributed by atoms with van der Waals surface area (Å²) < 4.78 is 2.24. The number of anilines is 1. The summed E-state index contributed by atoms with van der Waals surface area (Å²) in [5, 5.41) is 2.87. The van der Waals surface area contributed by atoms with Crippen LogP contribution in [0.5, 0.6) is 0 Å². The molecule has 6 aromatic carbocycles. The monoisotopic (exact) mass is 689 g/mol. The molecule has 1 aromatic heterocycles. The van der Waals surface area contributed by atoms with Crippen LogP contribution in [0.25, 0.3) is 44.9 Å². The Labute approximate surface area is 309 Å². The first-order valence-corrected chi connectivity index (χ1v) is 17.5. The van der Waals surface area contributed by atoms with Crippen LogP contribution < -0.4 is 9.88 Å². The van der Waals surface area contributed by atoms with Crippen molar-refractivity contribution in [1.82, 2.24) is 0 Å². The lowest BCUT2D eigenvalue weighted by atomic mass is 9.93. The summed E-state index contributed by atoms with van der Waals surface area (Å²) in [6.45, 7) is 1.50. The molecule has 0 aliphatic rings. The predicted octanol–water partition coefficient (Wildman–Crippen LogP) is 10.5. The quantitative estimate of drug-likeness (QED) is 0.0835. The van der Waals surface area contributed by atoms with Crippen molar-refractivity contribution in [3.8, 4) is 39.3 Å². The topological polar surface area (TPSA) is 67.1 Å². The molecule has 0 unspecified atom stereocenters. The first kappa shape index (κ1) is 34.5. The number of nitrogens with zero attached hydrogens (tertiary/aromatic N) is 1. The third-order valence-corrected chi connectivity index (χ3v) is 9.05. The van der Waals surface area contributed by atoms with Gasteiger partial charge in [-0.15, -0.1) is 0 Å². The first-order valence-electron chi connectivity index (χ1n) is 17.5. The molecule has 0 saturated carbocycles. The van der Waals surface area contributed by atoms with E-state index in [4.69, 9.17) is 0 Å². The van der Waals surface area contributed by atoms with E-state index in [9.17, 15) is 14.4 Å². The molecule has 0 fully saturated rings. The van der Waals surface area contributed by atoms with Crippen molar-refractivity contribution in [3.63, 3.8) is 0 Å². The second kappa shape index (κ2) is 15.9. The zero-order valence-electron chi connectivity index (χ0n) is 29.3. The predicted molar refractivity (Wildman–Crippen MR) is 213 cm³/mol. The average Bonchev–Trinajstić information content (AvgIpc) is 3.21. The molecule has 1 amide bonds. The SMILES string of the molecule is CC(=O)Nc1ccc(-[n+]2c(-c3ccccc3)cc(-c3ccc(/C(=C/C(=O)c4ccccc4)CC(=O)c4ccccc4)cc3)cc2-c2ccccc2)cc1. The lowest BCUT2D eigenvalue weighted by Gasteiger charge is -2.14. The fourth-order valence-corrected chi connectivity index (χ4v) is 6.44. The number of allylic oxidation sites excluding steroid dienone is 2. The van der Waals surface area contributed by atoms with Gasteiger partial charge in [0.25, 0.3) is 0 Å². The largest absolute Gasteiger partial charge is 0.326 e. The number of benzene rings is 6. The maximum atomic E-state index is 13.4. The Morgan fingerprint density at radius 3 is 1.51 bits per heavy atom. The van der Waals surface area contributed by atoms with Gasteiger partial charge in [-0.25, -0.2) is 0 Å². The number of hydrogen-bond acceptors (Lipinski definition) is 3. The number of Topliss-reactive ketones (excluding diaryl/α,β-unsaturated/α-hetero) is 1. The van der Waals surface area contributed by atoms with Gasteiger partial charge in [0, 0.05) is 65.6 Å². The maximum Gasteiger partial charge on any atom is 0.221 e. The molecule has 7 rings (SSSR count). The van der Waals surface area contributed by atoms with Gasteiger partial charge in [-0.1, -0.05) is 121 Å². The van der Waals surface area contributed by atoms with Crippen molar-refractivity contribution in [1.29, 1.82) is 0 Å². The van der Waals surface area contributed by atoms with E-state index in [1.807, 2.05) is 109 Å². The van der Waals surface area contributed by atoms with Crippen molar-refractivity contribution in [2.75, 3.05) is 5.32 Å². The highest BCUT2D eigenvalue weighted by Gasteiger charge is 2.25. The summed E-state index contributed by atoms with van der Waals surface area (Å²) in [7, 11) is 0. The minimum absolute atomic E-state index is 0.0560. The molecule has 5 heteroatoms. The highest BCUT2D eigenvalue weighted by Crippen LogP contribution is 2.32. The Kier molecular flexibility index (Phi) is 10.4. The van der Waals surface area contributed by atoms with Crippen molar-refractivity contribution >= 4 is 28.7 Å². The third kappa shape index (κ3) is 8.16. The Balaban J connectivity index is 1.34. The number of nitrogens with one attached hydrogen (secondary N) is 1. The molecule has 0 aliphatic heterocycles. The van der Waals surface area contributed by atoms with Crippen LogP contribution in [0, 0.1) is 0 Å². The summed E-state index contributed by atoms with van der Waals surface area (Å²) in [5.41, 5.74) is 10.3. The highest BCUT2D eigenvalue weighted by molar-refractivity contribution is 6.11. The summed E-state index contributed by atoms with van der Waals surface area (Å²) in [5.74, 6) is -0.327. The van der Waals surface area contributed by atoms with E-state index >= 15 is 0 Å². The molecule has 1 N–H and O–H groups in total. The van der Waals surface area contributed by atoms with E-state index in [1.165, 1.54) is 6.92 Å². The van der Waals surface area contributed by atoms with Gasteiger partial charge < -0.3 is 5.32 Å². The summed E-state index contributed by atoms with van der Waals surface area (Å²) >= 11 is 0. The summed E-state index contributed by atoms with van der Waals surface area (Å²) in [4.78, 5) is 38.5. The zero-order chi connectivity index (χ0) is 36.6. The molecule has 0 saturated heterocycles. The van der Waals surface area contributed by atoms with Crippen molar-refractivity contribution in [3.05, 3.63) is 205 Å². The molecular weight excluding hydrogens is 653 g/mol. The van der Waals surface area contributed by atoms with Gasteiger partial charge in [0.1, 0.15) is 0 Å². The lowest BCUT2D eigenvalue weighted by Crippen LogP contribution is -2.36. The van der Waals surface area contributed by atoms with E-state index in [2.05, 4.69) is 58.4 Å². The third-order valence-electron chi connectivity index (χ3n) is 9.05. The normalized spacial score (nSPS) is 11.2. The molecule has 7 aromatic rings. The first-order chi connectivity index (χ1) is 25.9. The van der Waals surface area contributed by atoms with Crippen LogP contribution >= 0.6 is 0 Å². The Hall–Kier alpha value is -6.98. The molecule has 0 bridgehead atoms. The molecular formula is C48H37N2O3+. The van der Waals surface area contributed by atoms with E-state index in [1.54, 1.807) is 30.3 Å². The van der Waals surface area contributed by atoms with E-state index < -0.39 is 0 Å². The fraction of sp³-hybridized carbons (Fsp3) is 0.0417. The average molecular weight is 690 g/mol. The van der Waals surface area contributed by atoms with E-state index in [0.29, 0.717) is 16.7 Å². The van der Waals surface area contributed by atoms with Crippen LogP contribution in [0.1, 0.15) is 39.6 Å². The molecule has 0 aliphatic carbocycles. The second-order valence-electron chi connectivity index (χ2n) is 12.8. The highest BCUT2D eigenvalue weighted by atomic mass is 16.1. The van der Waals surface area contributed by atoms with E-state index in [0.717, 1.165) is 50.6 Å². The zero-order valence-corrected chi connectivity index (χ0v) is 29.3. The standard InChI is InChI=1S/C48H36N2O3/c1-34(51)49-43-26-28-44(29-27-43)50-45(37-14-6-2-7-15-37)30-41(31-46(50)38-16-8-3-9-17-38)35-22-24-36(25-23-35)42(32-47(52)39-18-10-4-11-19-39)33-48(53)40-20-12-5-13-21-40/h2-32H,33H2,1H3/p+1. The number of pyridine rings is 1. The number of hydrogen-bond donors (Lipinski definition) is 1. The van der Waals surface area contributed by atoms with Crippen LogP contribution in [-0.4, -0.2) is 17.5 Å². The van der Waals surface area contributed by atoms with Crippen LogP contribution in [0.4, 0.5) is 5.69 Å². The fourth-order valence-electron chi connectivity index (χ4n) is 6.44. The molecule has 256 valence electrons. The number of aromatic nitrogens is 1. The number of carbonyl (C=O) groups is 3. The van der Waals surface area contributed by atoms with Crippen molar-refractivity contribution < 1.29 is 19.0 Å². The minimum Gasteiger partial charge on any atom is -0.326 e.